The summed E-state index contributed by atoms with van der Waals surface area (Å²) in [4.78, 5) is 25.2. The van der Waals surface area contributed by atoms with Gasteiger partial charge in [0.15, 0.2) is 0 Å². The molecule has 0 aliphatic rings. The third-order valence-electron chi connectivity index (χ3n) is 5.12. The molecule has 0 atom stereocenters. The summed E-state index contributed by atoms with van der Waals surface area (Å²) in [7, 11) is -4.11. The van der Waals surface area contributed by atoms with Crippen molar-refractivity contribution in [1.29, 1.82) is 0 Å². The molecule has 0 aliphatic carbocycles. The normalized spacial score (nSPS) is 11.1. The Bertz CT molecular complexity index is 1310. The molecule has 3 aromatic rings. The first kappa shape index (κ1) is 25.3. The van der Waals surface area contributed by atoms with Crippen LogP contribution in [0.1, 0.15) is 28.4 Å². The van der Waals surface area contributed by atoms with Gasteiger partial charge in [-0.2, -0.15) is 0 Å². The van der Waals surface area contributed by atoms with Crippen LogP contribution in [0.3, 0.4) is 0 Å². The molecule has 1 amide bonds. The Kier molecular flexibility index (Phi) is 7.96. The van der Waals surface area contributed by atoms with Gasteiger partial charge in [0, 0.05) is 5.69 Å². The molecule has 0 bridgehead atoms. The fourth-order valence-electron chi connectivity index (χ4n) is 3.31. The second kappa shape index (κ2) is 10.7. The van der Waals surface area contributed by atoms with Crippen molar-refractivity contribution in [3.63, 3.8) is 0 Å². The zero-order chi connectivity index (χ0) is 24.9. The van der Waals surface area contributed by atoms with Crippen LogP contribution < -0.4 is 9.62 Å². The number of nitrogens with zero attached hydrogens (tertiary/aromatic N) is 1. The smallest absolute Gasteiger partial charge is 0.338 e. The fraction of sp³-hybridized carbons (Fsp3) is 0.200. The van der Waals surface area contributed by atoms with E-state index in [1.165, 1.54) is 18.2 Å². The van der Waals surface area contributed by atoms with Gasteiger partial charge in [0.25, 0.3) is 10.0 Å². The number of carbonyl (C=O) groups is 2. The number of nitrogens with one attached hydrogen (secondary N) is 1. The van der Waals surface area contributed by atoms with Gasteiger partial charge < -0.3 is 10.1 Å². The standard InChI is InChI=1S/C25H25ClN2O5S/c1-4-33-25(30)20-8-7-10-22(18(20)3)27-24(29)16-28(23-11-6-5-9-21(23)26)34(31,32)19-14-12-17(2)13-15-19/h5-15H,4,16H2,1-3H3,(H,27,29). The van der Waals surface area contributed by atoms with Crippen molar-refractivity contribution in [3.05, 3.63) is 88.4 Å². The molecule has 3 rings (SSSR count). The third-order valence-corrected chi connectivity index (χ3v) is 7.21. The summed E-state index contributed by atoms with van der Waals surface area (Å²) in [6, 6.07) is 17.6. The highest BCUT2D eigenvalue weighted by atomic mass is 35.5. The minimum Gasteiger partial charge on any atom is -0.462 e. The number of carbonyl (C=O) groups excluding carboxylic acids is 2. The summed E-state index contributed by atoms with van der Waals surface area (Å²) in [5.41, 5.74) is 2.28. The van der Waals surface area contributed by atoms with Crippen LogP contribution in [-0.2, 0) is 19.6 Å². The van der Waals surface area contributed by atoms with E-state index in [4.69, 9.17) is 16.3 Å². The molecule has 3 aromatic carbocycles. The van der Waals surface area contributed by atoms with Gasteiger partial charge in [0.2, 0.25) is 5.91 Å². The van der Waals surface area contributed by atoms with E-state index in [9.17, 15) is 18.0 Å². The van der Waals surface area contributed by atoms with Gasteiger partial charge in [-0.15, -0.1) is 0 Å². The maximum absolute atomic E-state index is 13.5. The van der Waals surface area contributed by atoms with E-state index in [0.29, 0.717) is 16.8 Å². The van der Waals surface area contributed by atoms with E-state index >= 15 is 0 Å². The van der Waals surface area contributed by atoms with Crippen molar-refractivity contribution in [2.75, 3.05) is 22.8 Å². The second-order valence-electron chi connectivity index (χ2n) is 7.52. The number of sulfonamides is 1. The average Bonchev–Trinajstić information content (AvgIpc) is 2.80. The Morgan fingerprint density at radius 3 is 2.29 bits per heavy atom. The SMILES string of the molecule is CCOC(=O)c1cccc(NC(=O)CN(c2ccccc2Cl)S(=O)(=O)c2ccc(C)cc2)c1C. The molecule has 0 fully saturated rings. The lowest BCUT2D eigenvalue weighted by Crippen LogP contribution is -2.38. The van der Waals surface area contributed by atoms with E-state index < -0.39 is 28.4 Å². The molecular weight excluding hydrogens is 476 g/mol. The van der Waals surface area contributed by atoms with Crippen molar-refractivity contribution in [2.45, 2.75) is 25.7 Å². The predicted molar refractivity (Wildman–Crippen MR) is 133 cm³/mol. The minimum absolute atomic E-state index is 0.0336. The van der Waals surface area contributed by atoms with E-state index in [-0.39, 0.29) is 22.2 Å². The lowest BCUT2D eigenvalue weighted by molar-refractivity contribution is -0.114. The van der Waals surface area contributed by atoms with Crippen LogP contribution >= 0.6 is 11.6 Å². The number of anilines is 2. The molecule has 0 aromatic heterocycles. The van der Waals surface area contributed by atoms with E-state index in [1.807, 2.05) is 6.92 Å². The molecule has 0 unspecified atom stereocenters. The zero-order valence-corrected chi connectivity index (χ0v) is 20.6. The van der Waals surface area contributed by atoms with Crippen LogP contribution in [0.2, 0.25) is 5.02 Å². The number of hydrogen-bond donors (Lipinski definition) is 1. The van der Waals surface area contributed by atoms with Crippen LogP contribution in [0.5, 0.6) is 0 Å². The van der Waals surface area contributed by atoms with Crippen LogP contribution in [0.4, 0.5) is 11.4 Å². The Labute approximate surface area is 204 Å². The lowest BCUT2D eigenvalue weighted by Gasteiger charge is -2.25. The van der Waals surface area contributed by atoms with Crippen molar-refractivity contribution in [3.8, 4) is 0 Å². The molecule has 0 heterocycles. The number of aryl methyl sites for hydroxylation is 1. The first-order valence-electron chi connectivity index (χ1n) is 10.6. The molecule has 1 N–H and O–H groups in total. The minimum atomic E-state index is -4.11. The topological polar surface area (TPSA) is 92.8 Å². The number of benzene rings is 3. The number of esters is 1. The van der Waals surface area contributed by atoms with Gasteiger partial charge >= 0.3 is 5.97 Å². The van der Waals surface area contributed by atoms with Crippen LogP contribution in [0.25, 0.3) is 0 Å². The molecule has 0 saturated heterocycles. The monoisotopic (exact) mass is 500 g/mol. The summed E-state index contributed by atoms with van der Waals surface area (Å²) < 4.78 is 33.0. The Hall–Kier alpha value is -3.36. The molecule has 0 saturated carbocycles. The Morgan fingerprint density at radius 1 is 0.971 bits per heavy atom. The van der Waals surface area contributed by atoms with Gasteiger partial charge in [0.1, 0.15) is 6.54 Å². The largest absolute Gasteiger partial charge is 0.462 e. The molecule has 178 valence electrons. The van der Waals surface area contributed by atoms with E-state index in [1.54, 1.807) is 62.4 Å². The van der Waals surface area contributed by atoms with E-state index in [0.717, 1.165) is 9.87 Å². The summed E-state index contributed by atoms with van der Waals surface area (Å²) in [6.07, 6.45) is 0. The predicted octanol–water partition coefficient (Wildman–Crippen LogP) is 4.97. The first-order valence-corrected chi connectivity index (χ1v) is 12.4. The highest BCUT2D eigenvalue weighted by Crippen LogP contribution is 2.30. The highest BCUT2D eigenvalue weighted by molar-refractivity contribution is 7.92. The van der Waals surface area contributed by atoms with Crippen molar-refractivity contribution in [2.24, 2.45) is 0 Å². The summed E-state index contributed by atoms with van der Waals surface area (Å²) >= 11 is 6.30. The summed E-state index contributed by atoms with van der Waals surface area (Å²) in [5, 5.41) is 2.89. The number of rotatable bonds is 8. The molecule has 9 heteroatoms. The second-order valence-corrected chi connectivity index (χ2v) is 9.79. The van der Waals surface area contributed by atoms with Crippen molar-refractivity contribution >= 4 is 44.9 Å². The summed E-state index contributed by atoms with van der Waals surface area (Å²) in [6.45, 7) is 4.93. The molecule has 0 spiro atoms. The quantitative estimate of drug-likeness (QED) is 0.441. The Balaban J connectivity index is 1.95. The number of ether oxygens (including phenoxy) is 1. The average molecular weight is 501 g/mol. The molecule has 0 radical (unpaired) electrons. The summed E-state index contributed by atoms with van der Waals surface area (Å²) in [5.74, 6) is -1.10. The number of amides is 1. The Morgan fingerprint density at radius 2 is 1.65 bits per heavy atom. The van der Waals surface area contributed by atoms with E-state index in [2.05, 4.69) is 5.32 Å². The fourth-order valence-corrected chi connectivity index (χ4v) is 5.04. The molecule has 7 nitrogen and oxygen atoms in total. The zero-order valence-electron chi connectivity index (χ0n) is 19.0. The lowest BCUT2D eigenvalue weighted by atomic mass is 10.1. The number of hydrogen-bond acceptors (Lipinski definition) is 5. The van der Waals surface area contributed by atoms with Gasteiger partial charge in [-0.3, -0.25) is 9.10 Å². The third kappa shape index (κ3) is 5.58. The number of para-hydroxylation sites is 1. The van der Waals surface area contributed by atoms with Crippen molar-refractivity contribution in [1.82, 2.24) is 0 Å². The molecule has 0 aliphatic heterocycles. The van der Waals surface area contributed by atoms with Gasteiger partial charge in [0.05, 0.1) is 27.8 Å². The first-order chi connectivity index (χ1) is 16.1. The maximum Gasteiger partial charge on any atom is 0.338 e. The highest BCUT2D eigenvalue weighted by Gasteiger charge is 2.29. The van der Waals surface area contributed by atoms with Crippen LogP contribution in [0.15, 0.2) is 71.6 Å². The molecular formula is C25H25ClN2O5S. The molecule has 34 heavy (non-hydrogen) atoms. The van der Waals surface area contributed by atoms with Gasteiger partial charge in [-0.25, -0.2) is 13.2 Å². The van der Waals surface area contributed by atoms with Crippen LogP contribution in [-0.4, -0.2) is 33.4 Å². The van der Waals surface area contributed by atoms with Crippen molar-refractivity contribution < 1.29 is 22.7 Å². The maximum atomic E-state index is 13.5. The number of halogens is 1. The van der Waals surface area contributed by atoms with Gasteiger partial charge in [-0.05, 0) is 62.7 Å². The van der Waals surface area contributed by atoms with Gasteiger partial charge in [-0.1, -0.05) is 47.5 Å². The van der Waals surface area contributed by atoms with Crippen LogP contribution in [0, 0.1) is 13.8 Å².